The van der Waals surface area contributed by atoms with Gasteiger partial charge in [-0.15, -0.1) is 0 Å². The Kier molecular flexibility index (Phi) is 2.73. The standard InChI is InChI=1S/C16H25N3/c1-17-4-2-15-3-5-19(18-15)16-9-12-6-13(10-16)8-14(7-12)11-16/h3,5,12-14,17H,2,4,6-11H2,1H3. The predicted molar refractivity (Wildman–Crippen MR) is 76.0 cm³/mol. The molecule has 0 amide bonds. The molecule has 4 aliphatic rings. The Morgan fingerprint density at radius 3 is 2.42 bits per heavy atom. The van der Waals surface area contributed by atoms with Gasteiger partial charge in [-0.1, -0.05) is 0 Å². The van der Waals surface area contributed by atoms with E-state index in [1.807, 2.05) is 7.05 Å². The Bertz CT molecular complexity index is 427. The average molecular weight is 259 g/mol. The van der Waals surface area contributed by atoms with Crippen LogP contribution in [0.25, 0.3) is 0 Å². The summed E-state index contributed by atoms with van der Waals surface area (Å²) in [5, 5.41) is 8.13. The van der Waals surface area contributed by atoms with Gasteiger partial charge in [0.2, 0.25) is 0 Å². The maximum Gasteiger partial charge on any atom is 0.0637 e. The molecule has 0 spiro atoms. The van der Waals surface area contributed by atoms with E-state index in [0.29, 0.717) is 5.54 Å². The quantitative estimate of drug-likeness (QED) is 0.900. The summed E-state index contributed by atoms with van der Waals surface area (Å²) in [6.07, 6.45) is 12.0. The molecule has 4 fully saturated rings. The average Bonchev–Trinajstić information content (AvgIpc) is 2.84. The summed E-state index contributed by atoms with van der Waals surface area (Å²) in [5.74, 6) is 2.99. The van der Waals surface area contributed by atoms with E-state index in [-0.39, 0.29) is 0 Å². The van der Waals surface area contributed by atoms with E-state index >= 15 is 0 Å². The minimum absolute atomic E-state index is 0.395. The fraction of sp³-hybridized carbons (Fsp3) is 0.812. The Hall–Kier alpha value is -0.830. The summed E-state index contributed by atoms with van der Waals surface area (Å²) in [6.45, 7) is 1.03. The lowest BCUT2D eigenvalue weighted by atomic mass is 9.53. The lowest BCUT2D eigenvalue weighted by molar-refractivity contribution is -0.0495. The lowest BCUT2D eigenvalue weighted by Gasteiger charge is -2.56. The van der Waals surface area contributed by atoms with Crippen molar-refractivity contribution in [2.45, 2.75) is 50.5 Å². The molecule has 3 nitrogen and oxygen atoms in total. The van der Waals surface area contributed by atoms with Crippen molar-refractivity contribution >= 4 is 0 Å². The van der Waals surface area contributed by atoms with Crippen molar-refractivity contribution in [1.29, 1.82) is 0 Å². The summed E-state index contributed by atoms with van der Waals surface area (Å²) in [4.78, 5) is 0. The highest BCUT2D eigenvalue weighted by Crippen LogP contribution is 2.58. The zero-order chi connectivity index (χ0) is 12.9. The van der Waals surface area contributed by atoms with Crippen molar-refractivity contribution in [2.75, 3.05) is 13.6 Å². The SMILES string of the molecule is CNCCc1ccn(C23CC4CC(CC(C4)C2)C3)n1. The highest BCUT2D eigenvalue weighted by atomic mass is 15.3. The van der Waals surface area contributed by atoms with Gasteiger partial charge in [0.25, 0.3) is 0 Å². The molecule has 4 saturated carbocycles. The number of rotatable bonds is 4. The third-order valence-corrected chi connectivity index (χ3v) is 5.77. The molecule has 0 aromatic carbocycles. The summed E-state index contributed by atoms with van der Waals surface area (Å²) in [7, 11) is 2.01. The van der Waals surface area contributed by atoms with Crippen molar-refractivity contribution in [3.05, 3.63) is 18.0 Å². The van der Waals surface area contributed by atoms with Crippen LogP contribution in [0.2, 0.25) is 0 Å². The largest absolute Gasteiger partial charge is 0.319 e. The van der Waals surface area contributed by atoms with Crippen molar-refractivity contribution < 1.29 is 0 Å². The smallest absolute Gasteiger partial charge is 0.0637 e. The van der Waals surface area contributed by atoms with Crippen LogP contribution in [0.15, 0.2) is 12.3 Å². The molecule has 0 radical (unpaired) electrons. The molecule has 3 heteroatoms. The van der Waals surface area contributed by atoms with Gasteiger partial charge in [0.1, 0.15) is 0 Å². The van der Waals surface area contributed by atoms with Gasteiger partial charge >= 0.3 is 0 Å². The minimum atomic E-state index is 0.395. The number of nitrogens with zero attached hydrogens (tertiary/aromatic N) is 2. The van der Waals surface area contributed by atoms with E-state index in [4.69, 9.17) is 5.10 Å². The van der Waals surface area contributed by atoms with E-state index in [0.717, 1.165) is 30.7 Å². The number of hydrogen-bond acceptors (Lipinski definition) is 2. The Morgan fingerprint density at radius 2 is 1.84 bits per heavy atom. The topological polar surface area (TPSA) is 29.9 Å². The van der Waals surface area contributed by atoms with Crippen LogP contribution in [0.1, 0.15) is 44.2 Å². The number of aromatic nitrogens is 2. The third kappa shape index (κ3) is 1.94. The first-order chi connectivity index (χ1) is 9.27. The van der Waals surface area contributed by atoms with E-state index in [9.17, 15) is 0 Å². The molecule has 1 heterocycles. The van der Waals surface area contributed by atoms with Crippen LogP contribution in [0.3, 0.4) is 0 Å². The zero-order valence-electron chi connectivity index (χ0n) is 11.9. The molecule has 1 aromatic rings. The van der Waals surface area contributed by atoms with Crippen molar-refractivity contribution in [2.24, 2.45) is 17.8 Å². The van der Waals surface area contributed by atoms with Crippen LogP contribution >= 0.6 is 0 Å². The van der Waals surface area contributed by atoms with Crippen LogP contribution in [0.5, 0.6) is 0 Å². The van der Waals surface area contributed by atoms with Crippen LogP contribution in [0, 0.1) is 17.8 Å². The van der Waals surface area contributed by atoms with E-state index in [1.54, 1.807) is 0 Å². The molecule has 0 unspecified atom stereocenters. The van der Waals surface area contributed by atoms with Crippen molar-refractivity contribution in [3.63, 3.8) is 0 Å². The monoisotopic (exact) mass is 259 g/mol. The maximum atomic E-state index is 4.91. The summed E-state index contributed by atoms with van der Waals surface area (Å²) >= 11 is 0. The van der Waals surface area contributed by atoms with Crippen LogP contribution in [-0.2, 0) is 12.0 Å². The van der Waals surface area contributed by atoms with E-state index in [2.05, 4.69) is 22.3 Å². The van der Waals surface area contributed by atoms with Gasteiger partial charge in [-0.05, 0) is 69.4 Å². The molecular formula is C16H25N3. The van der Waals surface area contributed by atoms with Gasteiger partial charge in [-0.25, -0.2) is 0 Å². The molecule has 19 heavy (non-hydrogen) atoms. The van der Waals surface area contributed by atoms with Gasteiger partial charge in [-0.3, -0.25) is 4.68 Å². The molecular weight excluding hydrogens is 234 g/mol. The fourth-order valence-corrected chi connectivity index (χ4v) is 5.36. The minimum Gasteiger partial charge on any atom is -0.319 e. The normalized spacial score (nSPS) is 39.9. The molecule has 1 aromatic heterocycles. The van der Waals surface area contributed by atoms with Gasteiger partial charge in [0, 0.05) is 19.2 Å². The number of hydrogen-bond donors (Lipinski definition) is 1. The fourth-order valence-electron chi connectivity index (χ4n) is 5.36. The second kappa shape index (κ2) is 4.34. The summed E-state index contributed by atoms with van der Waals surface area (Å²) < 4.78 is 2.36. The van der Waals surface area contributed by atoms with Crippen molar-refractivity contribution in [1.82, 2.24) is 15.1 Å². The molecule has 1 N–H and O–H groups in total. The summed E-state index contributed by atoms with van der Waals surface area (Å²) in [6, 6.07) is 2.23. The highest BCUT2D eigenvalue weighted by molar-refractivity contribution is 5.08. The van der Waals surface area contributed by atoms with Crippen LogP contribution in [0.4, 0.5) is 0 Å². The molecule has 4 bridgehead atoms. The second-order valence-electron chi connectivity index (χ2n) is 7.25. The molecule has 0 atom stereocenters. The number of likely N-dealkylation sites (N-methyl/N-ethyl adjacent to an activating group) is 1. The van der Waals surface area contributed by atoms with E-state index in [1.165, 1.54) is 44.2 Å². The summed E-state index contributed by atoms with van der Waals surface area (Å²) in [5.41, 5.74) is 1.65. The Morgan fingerprint density at radius 1 is 1.21 bits per heavy atom. The first-order valence-corrected chi connectivity index (χ1v) is 7.97. The molecule has 0 aliphatic heterocycles. The van der Waals surface area contributed by atoms with E-state index < -0.39 is 0 Å². The van der Waals surface area contributed by atoms with Crippen LogP contribution < -0.4 is 5.32 Å². The predicted octanol–water partition coefficient (Wildman–Crippen LogP) is 2.57. The van der Waals surface area contributed by atoms with Gasteiger partial charge in [-0.2, -0.15) is 5.10 Å². The Balaban J connectivity index is 1.59. The van der Waals surface area contributed by atoms with Crippen LogP contribution in [-0.4, -0.2) is 23.4 Å². The molecule has 0 saturated heterocycles. The first kappa shape index (κ1) is 12.0. The van der Waals surface area contributed by atoms with Gasteiger partial charge in [0.15, 0.2) is 0 Å². The highest BCUT2D eigenvalue weighted by Gasteiger charge is 2.52. The molecule has 5 rings (SSSR count). The number of nitrogens with one attached hydrogen (secondary N) is 1. The zero-order valence-corrected chi connectivity index (χ0v) is 11.9. The Labute approximate surface area is 115 Å². The maximum absolute atomic E-state index is 4.91. The lowest BCUT2D eigenvalue weighted by Crippen LogP contribution is -2.52. The first-order valence-electron chi connectivity index (χ1n) is 7.97. The van der Waals surface area contributed by atoms with Gasteiger partial charge < -0.3 is 5.32 Å². The van der Waals surface area contributed by atoms with Gasteiger partial charge in [0.05, 0.1) is 11.2 Å². The third-order valence-electron chi connectivity index (χ3n) is 5.77. The molecule has 104 valence electrons. The molecule has 4 aliphatic carbocycles. The van der Waals surface area contributed by atoms with Crippen molar-refractivity contribution in [3.8, 4) is 0 Å². The second-order valence-corrected chi connectivity index (χ2v) is 7.25.